The van der Waals surface area contributed by atoms with E-state index < -0.39 is 7.32 Å². The molecule has 1 atom stereocenters. The lowest BCUT2D eigenvalue weighted by Crippen LogP contribution is -2.20. The first kappa shape index (κ1) is 24.0. The lowest BCUT2D eigenvalue weighted by Gasteiger charge is -2.12. The van der Waals surface area contributed by atoms with Gasteiger partial charge in [0, 0.05) is 5.39 Å². The van der Waals surface area contributed by atoms with Crippen LogP contribution in [0.4, 0.5) is 0 Å². The molecule has 6 aromatic carbocycles. The topological polar surface area (TPSA) is 49.7 Å². The Bertz CT molecular complexity index is 1550. The molecule has 6 rings (SSSR count). The van der Waals surface area contributed by atoms with Crippen LogP contribution in [-0.2, 0) is 6.16 Å². The molecule has 6 aromatic rings. The second-order valence-corrected chi connectivity index (χ2v) is 9.77. The van der Waals surface area contributed by atoms with Crippen LogP contribution in [0.25, 0.3) is 32.3 Å². The molecule has 0 aromatic heterocycles. The molecule has 0 aliphatic heterocycles. The van der Waals surface area contributed by atoms with Gasteiger partial charge in [0.15, 0.2) is 0 Å². The van der Waals surface area contributed by atoms with Crippen molar-refractivity contribution in [2.45, 2.75) is 6.16 Å². The maximum Gasteiger partial charge on any atom is 0.707 e. The standard InChI is InChI=1S/C18H13BO3.C13H13P/c20-19(21)22-17-7-3-6-12-8-9-15-10-13-4-1-2-5-14(13)11-16(15)18(12)17;1-3-7-12(8-4-1)11-14-13-9-5-2-6-10-13/h1-11,20-21H;1-10,14H,11H2. The van der Waals surface area contributed by atoms with E-state index in [2.05, 4.69) is 91.0 Å². The van der Waals surface area contributed by atoms with Gasteiger partial charge in [-0.15, -0.1) is 0 Å². The Balaban J connectivity index is 0.000000165. The van der Waals surface area contributed by atoms with Crippen LogP contribution < -0.4 is 9.96 Å². The van der Waals surface area contributed by atoms with Crippen LogP contribution >= 0.6 is 8.58 Å². The summed E-state index contributed by atoms with van der Waals surface area (Å²) in [4.78, 5) is 0. The van der Waals surface area contributed by atoms with Gasteiger partial charge in [-0.2, -0.15) is 0 Å². The molecule has 176 valence electrons. The van der Waals surface area contributed by atoms with Crippen LogP contribution in [0.15, 0.2) is 127 Å². The molecule has 5 heteroatoms. The molecule has 0 radical (unpaired) electrons. The molecule has 0 saturated heterocycles. The number of rotatable bonds is 5. The molecule has 0 aliphatic carbocycles. The Hall–Kier alpha value is -3.69. The summed E-state index contributed by atoms with van der Waals surface area (Å²) in [6.07, 6.45) is 1.16. The third-order valence-electron chi connectivity index (χ3n) is 6.03. The molecule has 3 nitrogen and oxygen atoms in total. The number of fused-ring (bicyclic) bond motifs is 4. The average Bonchev–Trinajstić information content (AvgIpc) is 2.92. The molecule has 0 amide bonds. The summed E-state index contributed by atoms with van der Waals surface area (Å²) in [5.74, 6) is 0.466. The van der Waals surface area contributed by atoms with Gasteiger partial charge >= 0.3 is 7.32 Å². The fraction of sp³-hybridized carbons (Fsp3) is 0.0323. The molecular weight excluding hydrogens is 462 g/mol. The Morgan fingerprint density at radius 2 is 1.19 bits per heavy atom. The highest BCUT2D eigenvalue weighted by molar-refractivity contribution is 7.46. The van der Waals surface area contributed by atoms with Crippen molar-refractivity contribution in [2.24, 2.45) is 0 Å². The number of benzene rings is 6. The van der Waals surface area contributed by atoms with Crippen molar-refractivity contribution in [1.29, 1.82) is 0 Å². The van der Waals surface area contributed by atoms with E-state index in [4.69, 9.17) is 14.7 Å². The zero-order valence-corrected chi connectivity index (χ0v) is 20.7. The molecule has 2 N–H and O–H groups in total. The van der Waals surface area contributed by atoms with Gasteiger partial charge < -0.3 is 14.7 Å². The van der Waals surface area contributed by atoms with Crippen molar-refractivity contribution >= 4 is 53.5 Å². The molecule has 0 saturated carbocycles. The van der Waals surface area contributed by atoms with E-state index in [1.165, 1.54) is 16.3 Å². The van der Waals surface area contributed by atoms with Gasteiger partial charge in [-0.1, -0.05) is 118 Å². The second-order valence-electron chi connectivity index (χ2n) is 8.49. The molecule has 0 heterocycles. The van der Waals surface area contributed by atoms with Gasteiger partial charge in [0.1, 0.15) is 5.75 Å². The van der Waals surface area contributed by atoms with Gasteiger partial charge in [-0.05, 0) is 62.2 Å². The normalized spacial score (nSPS) is 11.1. The highest BCUT2D eigenvalue weighted by Crippen LogP contribution is 2.35. The summed E-state index contributed by atoms with van der Waals surface area (Å²) in [6, 6.07) is 43.4. The van der Waals surface area contributed by atoms with Gasteiger partial charge in [-0.25, -0.2) is 0 Å². The zero-order valence-electron chi connectivity index (χ0n) is 19.7. The van der Waals surface area contributed by atoms with E-state index in [9.17, 15) is 0 Å². The van der Waals surface area contributed by atoms with Gasteiger partial charge in [-0.3, -0.25) is 0 Å². The van der Waals surface area contributed by atoms with Gasteiger partial charge in [0.25, 0.3) is 0 Å². The Morgan fingerprint density at radius 1 is 0.583 bits per heavy atom. The highest BCUT2D eigenvalue weighted by atomic mass is 31.1. The summed E-state index contributed by atoms with van der Waals surface area (Å²) < 4.78 is 5.16. The fourth-order valence-corrected chi connectivity index (χ4v) is 5.41. The van der Waals surface area contributed by atoms with Crippen LogP contribution in [0.3, 0.4) is 0 Å². The van der Waals surface area contributed by atoms with Crippen molar-refractivity contribution in [3.63, 3.8) is 0 Å². The Labute approximate surface area is 213 Å². The van der Waals surface area contributed by atoms with E-state index in [1.54, 1.807) is 6.07 Å². The molecule has 0 aliphatic rings. The molecular formula is C31H26BO3P. The predicted molar refractivity (Wildman–Crippen MR) is 154 cm³/mol. The Kier molecular flexibility index (Phi) is 7.59. The van der Waals surface area contributed by atoms with Crippen LogP contribution in [0, 0.1) is 0 Å². The highest BCUT2D eigenvalue weighted by Gasteiger charge is 2.15. The third kappa shape index (κ3) is 5.75. The summed E-state index contributed by atoms with van der Waals surface area (Å²) in [7, 11) is -0.950. The first-order valence-electron chi connectivity index (χ1n) is 11.9. The quantitative estimate of drug-likeness (QED) is 0.123. The lowest BCUT2D eigenvalue weighted by molar-refractivity contribution is 0.289. The average molecular weight is 488 g/mol. The SMILES string of the molecule is OB(O)Oc1cccc2ccc3cc4ccccc4cc3c12.c1ccc(CPc2ccccc2)cc1. The smallest absolute Gasteiger partial charge is 0.511 e. The van der Waals surface area contributed by atoms with Crippen molar-refractivity contribution < 1.29 is 14.7 Å². The summed E-state index contributed by atoms with van der Waals surface area (Å²) in [5, 5.41) is 26.1. The number of hydrogen-bond donors (Lipinski definition) is 2. The summed E-state index contributed by atoms with van der Waals surface area (Å²) in [6.45, 7) is 0. The van der Waals surface area contributed by atoms with E-state index in [-0.39, 0.29) is 0 Å². The van der Waals surface area contributed by atoms with E-state index in [0.29, 0.717) is 5.75 Å². The minimum Gasteiger partial charge on any atom is -0.511 e. The lowest BCUT2D eigenvalue weighted by atomic mass is 9.97. The van der Waals surface area contributed by atoms with Gasteiger partial charge in [0.05, 0.1) is 0 Å². The molecule has 36 heavy (non-hydrogen) atoms. The van der Waals surface area contributed by atoms with Gasteiger partial charge in [0.2, 0.25) is 0 Å². The van der Waals surface area contributed by atoms with Crippen molar-refractivity contribution in [3.05, 3.63) is 133 Å². The second kappa shape index (κ2) is 11.4. The molecule has 1 unspecified atom stereocenters. The molecule has 0 spiro atoms. The summed E-state index contributed by atoms with van der Waals surface area (Å²) >= 11 is 0. The van der Waals surface area contributed by atoms with Crippen molar-refractivity contribution in [2.75, 3.05) is 0 Å². The molecule has 0 fully saturated rings. The van der Waals surface area contributed by atoms with Crippen LogP contribution in [-0.4, -0.2) is 17.4 Å². The first-order chi connectivity index (χ1) is 17.7. The summed E-state index contributed by atoms with van der Waals surface area (Å²) in [5.41, 5.74) is 1.43. The monoisotopic (exact) mass is 488 g/mol. The molecule has 0 bridgehead atoms. The first-order valence-corrected chi connectivity index (χ1v) is 13.1. The minimum atomic E-state index is -1.83. The maximum atomic E-state index is 9.14. The van der Waals surface area contributed by atoms with E-state index in [1.807, 2.05) is 30.3 Å². The van der Waals surface area contributed by atoms with Crippen LogP contribution in [0.1, 0.15) is 5.56 Å². The van der Waals surface area contributed by atoms with E-state index in [0.717, 1.165) is 41.7 Å². The predicted octanol–water partition coefficient (Wildman–Crippen LogP) is 6.69. The van der Waals surface area contributed by atoms with E-state index >= 15 is 0 Å². The van der Waals surface area contributed by atoms with Crippen LogP contribution in [0.2, 0.25) is 0 Å². The minimum absolute atomic E-state index is 0.466. The largest absolute Gasteiger partial charge is 0.707 e. The van der Waals surface area contributed by atoms with Crippen LogP contribution in [0.5, 0.6) is 5.75 Å². The zero-order chi connectivity index (χ0) is 24.7. The van der Waals surface area contributed by atoms with Crippen molar-refractivity contribution in [1.82, 2.24) is 0 Å². The third-order valence-corrected chi connectivity index (χ3v) is 7.36. The van der Waals surface area contributed by atoms with Crippen molar-refractivity contribution in [3.8, 4) is 5.75 Å². The number of hydrogen-bond acceptors (Lipinski definition) is 3. The maximum absolute atomic E-state index is 9.14. The fourth-order valence-electron chi connectivity index (χ4n) is 4.33. The Morgan fingerprint density at radius 3 is 1.92 bits per heavy atom.